The van der Waals surface area contributed by atoms with Gasteiger partial charge in [0.2, 0.25) is 0 Å². The standard InChI is InChI=1S/C11H8N6OS/c1-17-8-3-6-5(2-7(8)15-11(17)18)13-9(14-6)10-16-12-4-19-10/h2-4H,1H3,(H,13,14)(H,15,18). The van der Waals surface area contributed by atoms with Crippen molar-refractivity contribution in [1.29, 1.82) is 0 Å². The van der Waals surface area contributed by atoms with Crippen molar-refractivity contribution in [3.05, 3.63) is 28.1 Å². The van der Waals surface area contributed by atoms with Crippen LogP contribution in [0.25, 0.3) is 32.9 Å². The number of aromatic nitrogens is 6. The quantitative estimate of drug-likeness (QED) is 0.545. The minimum atomic E-state index is -0.132. The van der Waals surface area contributed by atoms with E-state index in [2.05, 4.69) is 25.1 Å². The van der Waals surface area contributed by atoms with Gasteiger partial charge in [-0.1, -0.05) is 11.3 Å². The van der Waals surface area contributed by atoms with Gasteiger partial charge in [0.15, 0.2) is 10.8 Å². The summed E-state index contributed by atoms with van der Waals surface area (Å²) in [6.45, 7) is 0. The zero-order valence-electron chi connectivity index (χ0n) is 9.84. The number of aryl methyl sites for hydroxylation is 1. The Balaban J connectivity index is 2.04. The predicted octanol–water partition coefficient (Wildman–Crippen LogP) is 1.26. The van der Waals surface area contributed by atoms with Crippen molar-refractivity contribution in [2.24, 2.45) is 7.05 Å². The summed E-state index contributed by atoms with van der Waals surface area (Å²) in [6.07, 6.45) is 0. The fraction of sp³-hybridized carbons (Fsp3) is 0.0909. The van der Waals surface area contributed by atoms with Crippen LogP contribution in [0.2, 0.25) is 0 Å². The summed E-state index contributed by atoms with van der Waals surface area (Å²) >= 11 is 1.42. The van der Waals surface area contributed by atoms with Crippen LogP contribution in [0.4, 0.5) is 0 Å². The summed E-state index contributed by atoms with van der Waals surface area (Å²) in [6, 6.07) is 3.76. The highest BCUT2D eigenvalue weighted by atomic mass is 32.1. The molecule has 3 heterocycles. The molecule has 0 radical (unpaired) electrons. The van der Waals surface area contributed by atoms with Gasteiger partial charge >= 0.3 is 5.69 Å². The maximum atomic E-state index is 11.6. The van der Waals surface area contributed by atoms with Crippen LogP contribution in [0.1, 0.15) is 0 Å². The Hall–Kier alpha value is -2.48. The molecule has 0 aliphatic carbocycles. The zero-order valence-corrected chi connectivity index (χ0v) is 10.7. The molecule has 0 aliphatic heterocycles. The Bertz CT molecular complexity index is 945. The van der Waals surface area contributed by atoms with Gasteiger partial charge in [0.25, 0.3) is 0 Å². The van der Waals surface area contributed by atoms with Crippen molar-refractivity contribution in [2.45, 2.75) is 0 Å². The smallest absolute Gasteiger partial charge is 0.326 e. The van der Waals surface area contributed by atoms with E-state index < -0.39 is 0 Å². The molecule has 7 nitrogen and oxygen atoms in total. The van der Waals surface area contributed by atoms with E-state index in [4.69, 9.17) is 0 Å². The lowest BCUT2D eigenvalue weighted by molar-refractivity contribution is 0.892. The van der Waals surface area contributed by atoms with Crippen LogP contribution in [0, 0.1) is 0 Å². The molecule has 8 heteroatoms. The minimum Gasteiger partial charge on any atom is -0.336 e. The first-order chi connectivity index (χ1) is 9.22. The Morgan fingerprint density at radius 1 is 1.26 bits per heavy atom. The van der Waals surface area contributed by atoms with E-state index >= 15 is 0 Å². The van der Waals surface area contributed by atoms with Crippen LogP contribution < -0.4 is 5.69 Å². The summed E-state index contributed by atoms with van der Waals surface area (Å²) in [5, 5.41) is 8.52. The third-order valence-corrected chi connectivity index (χ3v) is 3.77. The summed E-state index contributed by atoms with van der Waals surface area (Å²) in [5.74, 6) is 0.690. The summed E-state index contributed by atoms with van der Waals surface area (Å²) in [5.41, 5.74) is 4.80. The Morgan fingerprint density at radius 3 is 2.95 bits per heavy atom. The van der Waals surface area contributed by atoms with Gasteiger partial charge in [0.05, 0.1) is 22.1 Å². The monoisotopic (exact) mass is 272 g/mol. The molecule has 0 spiro atoms. The number of H-pyrrole nitrogens is 2. The average Bonchev–Trinajstić information content (AvgIpc) is 3.08. The van der Waals surface area contributed by atoms with Crippen LogP contribution in [-0.4, -0.2) is 29.7 Å². The first-order valence-electron chi connectivity index (χ1n) is 5.57. The first kappa shape index (κ1) is 10.4. The van der Waals surface area contributed by atoms with Gasteiger partial charge in [-0.15, -0.1) is 10.2 Å². The number of nitrogens with zero attached hydrogens (tertiary/aromatic N) is 4. The largest absolute Gasteiger partial charge is 0.336 e. The molecule has 3 aromatic heterocycles. The molecule has 0 unspecified atom stereocenters. The fourth-order valence-corrected chi connectivity index (χ4v) is 2.61. The van der Waals surface area contributed by atoms with Gasteiger partial charge in [-0.2, -0.15) is 0 Å². The maximum Gasteiger partial charge on any atom is 0.326 e. The fourth-order valence-electron chi connectivity index (χ4n) is 2.11. The molecule has 1 aromatic carbocycles. The summed E-state index contributed by atoms with van der Waals surface area (Å²) < 4.78 is 1.56. The minimum absolute atomic E-state index is 0.132. The van der Waals surface area contributed by atoms with E-state index in [0.29, 0.717) is 5.82 Å². The third-order valence-electron chi connectivity index (χ3n) is 3.07. The second-order valence-electron chi connectivity index (χ2n) is 4.20. The molecule has 0 atom stereocenters. The highest BCUT2D eigenvalue weighted by Gasteiger charge is 2.11. The molecule has 94 valence electrons. The number of nitrogens with one attached hydrogen (secondary N) is 2. The van der Waals surface area contributed by atoms with Crippen LogP contribution in [0.15, 0.2) is 22.4 Å². The molecule has 0 amide bonds. The Kier molecular flexibility index (Phi) is 1.93. The van der Waals surface area contributed by atoms with Crippen LogP contribution in [-0.2, 0) is 7.05 Å². The number of rotatable bonds is 1. The Morgan fingerprint density at radius 2 is 2.16 bits per heavy atom. The van der Waals surface area contributed by atoms with Crippen molar-refractivity contribution < 1.29 is 0 Å². The topological polar surface area (TPSA) is 92.2 Å². The maximum absolute atomic E-state index is 11.6. The second kappa shape index (κ2) is 3.51. The third kappa shape index (κ3) is 1.43. The van der Waals surface area contributed by atoms with Crippen LogP contribution in [0.5, 0.6) is 0 Å². The van der Waals surface area contributed by atoms with E-state index in [9.17, 15) is 4.79 Å². The van der Waals surface area contributed by atoms with Crippen molar-refractivity contribution in [2.75, 3.05) is 0 Å². The zero-order chi connectivity index (χ0) is 13.0. The SMILES string of the molecule is Cn1c(=O)[nH]c2cc3[nH]c(-c4nncs4)nc3cc21. The van der Waals surface area contributed by atoms with E-state index in [1.54, 1.807) is 17.1 Å². The number of aromatic amines is 2. The van der Waals surface area contributed by atoms with Crippen LogP contribution in [0.3, 0.4) is 0 Å². The number of imidazole rings is 2. The number of benzene rings is 1. The van der Waals surface area contributed by atoms with Gasteiger partial charge in [-0.25, -0.2) is 9.78 Å². The lowest BCUT2D eigenvalue weighted by Gasteiger charge is -1.92. The van der Waals surface area contributed by atoms with Crippen molar-refractivity contribution in [3.63, 3.8) is 0 Å². The molecule has 0 fully saturated rings. The molecule has 0 bridgehead atoms. The predicted molar refractivity (Wildman–Crippen MR) is 72.1 cm³/mol. The molecule has 0 aliphatic rings. The highest BCUT2D eigenvalue weighted by Crippen LogP contribution is 2.24. The van der Waals surface area contributed by atoms with E-state index in [0.717, 1.165) is 27.1 Å². The molecule has 19 heavy (non-hydrogen) atoms. The molecular formula is C11H8N6OS. The summed E-state index contributed by atoms with van der Waals surface area (Å²) in [7, 11) is 1.73. The molecule has 0 saturated heterocycles. The van der Waals surface area contributed by atoms with Gasteiger partial charge in [0, 0.05) is 7.05 Å². The van der Waals surface area contributed by atoms with E-state index in [1.165, 1.54) is 11.3 Å². The molecular weight excluding hydrogens is 264 g/mol. The lowest BCUT2D eigenvalue weighted by Crippen LogP contribution is -2.11. The normalized spacial score (nSPS) is 11.6. The highest BCUT2D eigenvalue weighted by molar-refractivity contribution is 7.12. The second-order valence-corrected chi connectivity index (χ2v) is 5.04. The molecule has 4 rings (SSSR count). The van der Waals surface area contributed by atoms with Gasteiger partial charge in [-0.05, 0) is 12.1 Å². The first-order valence-corrected chi connectivity index (χ1v) is 6.45. The number of fused-ring (bicyclic) bond motifs is 2. The van der Waals surface area contributed by atoms with E-state index in [-0.39, 0.29) is 5.69 Å². The van der Waals surface area contributed by atoms with Gasteiger partial charge in [0.1, 0.15) is 5.51 Å². The molecule has 2 N–H and O–H groups in total. The number of hydrogen-bond acceptors (Lipinski definition) is 5. The van der Waals surface area contributed by atoms with Crippen molar-refractivity contribution in [3.8, 4) is 10.8 Å². The molecule has 0 saturated carbocycles. The Labute approximate surface area is 109 Å². The van der Waals surface area contributed by atoms with Crippen molar-refractivity contribution >= 4 is 33.4 Å². The van der Waals surface area contributed by atoms with Gasteiger partial charge < -0.3 is 9.97 Å². The van der Waals surface area contributed by atoms with Crippen molar-refractivity contribution in [1.82, 2.24) is 29.7 Å². The van der Waals surface area contributed by atoms with E-state index in [1.807, 2.05) is 12.1 Å². The lowest BCUT2D eigenvalue weighted by atomic mass is 10.3. The van der Waals surface area contributed by atoms with Gasteiger partial charge in [-0.3, -0.25) is 4.57 Å². The molecule has 4 aromatic rings. The average molecular weight is 272 g/mol. The summed E-state index contributed by atoms with van der Waals surface area (Å²) in [4.78, 5) is 22.0. The van der Waals surface area contributed by atoms with Crippen LogP contribution >= 0.6 is 11.3 Å². The number of hydrogen-bond donors (Lipinski definition) is 2.